The first-order valence-electron chi connectivity index (χ1n) is 6.09. The Hall–Kier alpha value is -2.92. The van der Waals surface area contributed by atoms with Crippen LogP contribution in [0, 0.1) is 43.4 Å². The maximum absolute atomic E-state index is 9.26. The van der Waals surface area contributed by atoms with Gasteiger partial charge >= 0.3 is 0 Å². The zero-order chi connectivity index (χ0) is 14.7. The van der Waals surface area contributed by atoms with Crippen LogP contribution in [0.3, 0.4) is 0 Å². The molecule has 1 heterocycles. The fourth-order valence-electron chi connectivity index (χ4n) is 1.88. The minimum atomic E-state index is 0.373. The molecule has 0 radical (unpaired) electrons. The molecule has 98 valence electrons. The van der Waals surface area contributed by atoms with E-state index in [1.54, 1.807) is 13.0 Å². The lowest BCUT2D eigenvalue weighted by Gasteiger charge is -2.11. The number of nitrogens with one attached hydrogen (secondary N) is 1. The summed E-state index contributed by atoms with van der Waals surface area (Å²) in [6.07, 6.45) is 0. The summed E-state index contributed by atoms with van der Waals surface area (Å²) in [7, 11) is 0. The number of hydrogen-bond donors (Lipinski definition) is 1. The van der Waals surface area contributed by atoms with Crippen molar-refractivity contribution in [1.29, 1.82) is 10.5 Å². The van der Waals surface area contributed by atoms with Crippen LogP contribution in [0.15, 0.2) is 18.2 Å². The van der Waals surface area contributed by atoms with Crippen LogP contribution in [0.5, 0.6) is 0 Å². The van der Waals surface area contributed by atoms with Gasteiger partial charge in [0.1, 0.15) is 17.7 Å². The summed E-state index contributed by atoms with van der Waals surface area (Å²) >= 11 is 0. The Morgan fingerprint density at radius 1 is 1.00 bits per heavy atom. The van der Waals surface area contributed by atoms with E-state index in [4.69, 9.17) is 0 Å². The number of aryl methyl sites for hydroxylation is 2. The maximum Gasteiger partial charge on any atom is 0.171 e. The van der Waals surface area contributed by atoms with Crippen LogP contribution in [0.25, 0.3) is 0 Å². The zero-order valence-electron chi connectivity index (χ0n) is 11.5. The van der Waals surface area contributed by atoms with Crippen molar-refractivity contribution < 1.29 is 0 Å². The van der Waals surface area contributed by atoms with Gasteiger partial charge in [0.15, 0.2) is 5.82 Å². The minimum absolute atomic E-state index is 0.373. The van der Waals surface area contributed by atoms with Gasteiger partial charge in [0.05, 0.1) is 16.9 Å². The summed E-state index contributed by atoms with van der Waals surface area (Å²) in [5, 5.41) is 29.5. The Morgan fingerprint density at radius 3 is 2.35 bits per heavy atom. The van der Waals surface area contributed by atoms with Crippen molar-refractivity contribution in [2.24, 2.45) is 0 Å². The highest BCUT2D eigenvalue weighted by molar-refractivity contribution is 5.70. The first-order chi connectivity index (χ1) is 9.58. The first-order valence-corrected chi connectivity index (χ1v) is 6.09. The fourth-order valence-corrected chi connectivity index (χ4v) is 1.88. The second-order valence-corrected chi connectivity index (χ2v) is 4.48. The van der Waals surface area contributed by atoms with Crippen LogP contribution < -0.4 is 5.32 Å². The molecule has 0 saturated carbocycles. The lowest BCUT2D eigenvalue weighted by Crippen LogP contribution is -2.05. The Labute approximate surface area is 117 Å². The van der Waals surface area contributed by atoms with E-state index in [2.05, 4.69) is 27.7 Å². The van der Waals surface area contributed by atoms with E-state index in [9.17, 15) is 10.5 Å². The molecule has 0 unspecified atom stereocenters. The lowest BCUT2D eigenvalue weighted by molar-refractivity contribution is 0.960. The minimum Gasteiger partial charge on any atom is -0.337 e. The Morgan fingerprint density at radius 2 is 1.70 bits per heavy atom. The van der Waals surface area contributed by atoms with E-state index < -0.39 is 0 Å². The van der Waals surface area contributed by atoms with Gasteiger partial charge in [-0.05, 0) is 38.0 Å². The van der Waals surface area contributed by atoms with Crippen LogP contribution in [0.2, 0.25) is 0 Å². The van der Waals surface area contributed by atoms with E-state index in [1.165, 1.54) is 0 Å². The number of nitriles is 2. The SMILES string of the molecule is Cc1cccc(Nc2nnc(C)c(C)c2C#N)c1C#N. The monoisotopic (exact) mass is 263 g/mol. The van der Waals surface area contributed by atoms with Crippen LogP contribution in [-0.2, 0) is 0 Å². The molecule has 5 nitrogen and oxygen atoms in total. The van der Waals surface area contributed by atoms with Crippen LogP contribution >= 0.6 is 0 Å². The number of aromatic nitrogens is 2. The van der Waals surface area contributed by atoms with Gasteiger partial charge in [0.2, 0.25) is 0 Å². The van der Waals surface area contributed by atoms with Crippen molar-refractivity contribution in [3.05, 3.63) is 46.1 Å². The molecule has 0 aliphatic rings. The van der Waals surface area contributed by atoms with Crippen LogP contribution in [-0.4, -0.2) is 10.2 Å². The fraction of sp³-hybridized carbons (Fsp3) is 0.200. The van der Waals surface area contributed by atoms with Crippen LogP contribution in [0.4, 0.5) is 11.5 Å². The highest BCUT2D eigenvalue weighted by Gasteiger charge is 2.13. The standard InChI is InChI=1S/C15H13N5/c1-9-5-4-6-14(12(9)7-16)18-15-13(8-17)10(2)11(3)19-20-15/h4-6H,1-3H3,(H,18,20). The summed E-state index contributed by atoms with van der Waals surface area (Å²) in [5.74, 6) is 0.373. The molecular formula is C15H13N5. The van der Waals surface area contributed by atoms with Gasteiger partial charge in [0.25, 0.3) is 0 Å². The topological polar surface area (TPSA) is 85.4 Å². The molecule has 0 saturated heterocycles. The molecule has 0 amide bonds. The van der Waals surface area contributed by atoms with Gasteiger partial charge in [-0.3, -0.25) is 0 Å². The average molecular weight is 263 g/mol. The Bertz CT molecular complexity index is 750. The molecule has 0 spiro atoms. The van der Waals surface area contributed by atoms with E-state index in [0.29, 0.717) is 22.6 Å². The van der Waals surface area contributed by atoms with Gasteiger partial charge in [-0.25, -0.2) is 0 Å². The van der Waals surface area contributed by atoms with Crippen molar-refractivity contribution >= 4 is 11.5 Å². The highest BCUT2D eigenvalue weighted by Crippen LogP contribution is 2.25. The maximum atomic E-state index is 9.26. The summed E-state index contributed by atoms with van der Waals surface area (Å²) < 4.78 is 0. The van der Waals surface area contributed by atoms with Crippen molar-refractivity contribution in [3.8, 4) is 12.1 Å². The molecule has 0 fully saturated rings. The van der Waals surface area contributed by atoms with E-state index in [0.717, 1.165) is 16.8 Å². The molecule has 0 aliphatic carbocycles. The third-order valence-electron chi connectivity index (χ3n) is 3.20. The number of hydrogen-bond acceptors (Lipinski definition) is 5. The molecular weight excluding hydrogens is 250 g/mol. The van der Waals surface area contributed by atoms with Gasteiger partial charge in [-0.15, -0.1) is 5.10 Å². The molecule has 1 aromatic heterocycles. The largest absolute Gasteiger partial charge is 0.337 e. The smallest absolute Gasteiger partial charge is 0.171 e. The number of nitrogens with zero attached hydrogens (tertiary/aromatic N) is 4. The predicted molar refractivity (Wildman–Crippen MR) is 75.4 cm³/mol. The summed E-state index contributed by atoms with van der Waals surface area (Å²) in [4.78, 5) is 0. The number of rotatable bonds is 2. The molecule has 2 aromatic rings. The van der Waals surface area contributed by atoms with Crippen molar-refractivity contribution in [2.75, 3.05) is 5.32 Å². The highest BCUT2D eigenvalue weighted by atomic mass is 15.2. The van der Waals surface area contributed by atoms with Gasteiger partial charge in [0, 0.05) is 0 Å². The van der Waals surface area contributed by atoms with Gasteiger partial charge < -0.3 is 5.32 Å². The van der Waals surface area contributed by atoms with Crippen molar-refractivity contribution in [2.45, 2.75) is 20.8 Å². The summed E-state index contributed by atoms with van der Waals surface area (Å²) in [6.45, 7) is 5.50. The molecule has 2 rings (SSSR count). The van der Waals surface area contributed by atoms with E-state index in [-0.39, 0.29) is 0 Å². The molecule has 0 atom stereocenters. The molecule has 0 aliphatic heterocycles. The molecule has 1 aromatic carbocycles. The predicted octanol–water partition coefficient (Wildman–Crippen LogP) is 2.89. The lowest BCUT2D eigenvalue weighted by atomic mass is 10.1. The van der Waals surface area contributed by atoms with Gasteiger partial charge in [-0.2, -0.15) is 15.6 Å². The molecule has 20 heavy (non-hydrogen) atoms. The number of benzene rings is 1. The van der Waals surface area contributed by atoms with E-state index >= 15 is 0 Å². The first kappa shape index (κ1) is 13.5. The number of anilines is 2. The quantitative estimate of drug-likeness (QED) is 0.900. The molecule has 0 bridgehead atoms. The van der Waals surface area contributed by atoms with Crippen molar-refractivity contribution in [3.63, 3.8) is 0 Å². The van der Waals surface area contributed by atoms with Crippen LogP contribution in [0.1, 0.15) is 27.9 Å². The van der Waals surface area contributed by atoms with Gasteiger partial charge in [-0.1, -0.05) is 12.1 Å². The average Bonchev–Trinajstić information content (AvgIpc) is 2.43. The Balaban J connectivity index is 2.53. The summed E-state index contributed by atoms with van der Waals surface area (Å²) in [6, 6.07) is 9.77. The second-order valence-electron chi connectivity index (χ2n) is 4.48. The summed E-state index contributed by atoms with van der Waals surface area (Å²) in [5.41, 5.74) is 3.99. The Kier molecular flexibility index (Phi) is 3.63. The zero-order valence-corrected chi connectivity index (χ0v) is 11.5. The third kappa shape index (κ3) is 2.30. The van der Waals surface area contributed by atoms with E-state index in [1.807, 2.05) is 26.0 Å². The molecule has 5 heteroatoms. The third-order valence-corrected chi connectivity index (χ3v) is 3.20. The normalized spacial score (nSPS) is 9.65. The molecule has 1 N–H and O–H groups in total. The second kappa shape index (κ2) is 5.38. The van der Waals surface area contributed by atoms with Crippen molar-refractivity contribution in [1.82, 2.24) is 10.2 Å².